The molecule has 1 aromatic heterocycles. The molecular weight excluding hydrogens is 297 g/mol. The van der Waals surface area contributed by atoms with Crippen molar-refractivity contribution in [1.29, 1.82) is 0 Å². The molecule has 0 fully saturated rings. The Morgan fingerprint density at radius 3 is 2.45 bits per heavy atom. The average Bonchev–Trinajstić information content (AvgIpc) is 2.88. The van der Waals surface area contributed by atoms with Gasteiger partial charge in [-0.25, -0.2) is 4.57 Å². The van der Waals surface area contributed by atoms with E-state index in [2.05, 4.69) is 5.16 Å². The Morgan fingerprint density at radius 2 is 1.85 bits per heavy atom. The summed E-state index contributed by atoms with van der Waals surface area (Å²) in [4.78, 5) is 0. The van der Waals surface area contributed by atoms with Crippen molar-refractivity contribution in [3.63, 3.8) is 0 Å². The van der Waals surface area contributed by atoms with Gasteiger partial charge < -0.3 is 13.6 Å². The van der Waals surface area contributed by atoms with E-state index < -0.39 is 6.80 Å². The van der Waals surface area contributed by atoms with E-state index in [0.717, 1.165) is 16.9 Å². The summed E-state index contributed by atoms with van der Waals surface area (Å²) in [6.07, 6.45) is 0. The summed E-state index contributed by atoms with van der Waals surface area (Å²) in [5.74, 6) is 0.618. The van der Waals surface area contributed by atoms with Crippen molar-refractivity contribution >= 4 is 18.2 Å². The standard InChI is InChI=1S/C13H16NO4PS/c1-3-16-19(15,17-4-2)20-13-10-12(18-14-13)11-8-6-5-7-9-11/h5-10H,3-4H2,1-2H3. The fourth-order valence-electron chi connectivity index (χ4n) is 1.56. The Bertz CT molecular complexity index is 577. The van der Waals surface area contributed by atoms with Gasteiger partial charge in [-0.15, -0.1) is 0 Å². The van der Waals surface area contributed by atoms with Gasteiger partial charge in [0.25, 0.3) is 0 Å². The van der Waals surface area contributed by atoms with Crippen LogP contribution in [0.1, 0.15) is 13.8 Å². The van der Waals surface area contributed by atoms with Crippen LogP contribution in [0.2, 0.25) is 0 Å². The van der Waals surface area contributed by atoms with Gasteiger partial charge in [-0.3, -0.25) is 0 Å². The smallest absolute Gasteiger partial charge is 0.355 e. The van der Waals surface area contributed by atoms with Gasteiger partial charge in [-0.2, -0.15) is 0 Å². The van der Waals surface area contributed by atoms with E-state index in [4.69, 9.17) is 13.6 Å². The molecule has 0 bridgehead atoms. The van der Waals surface area contributed by atoms with Crippen LogP contribution in [0.25, 0.3) is 11.3 Å². The lowest BCUT2D eigenvalue weighted by molar-refractivity contribution is 0.236. The second-order valence-electron chi connectivity index (χ2n) is 3.77. The van der Waals surface area contributed by atoms with Crippen LogP contribution in [-0.4, -0.2) is 18.4 Å². The molecule has 0 unspecified atom stereocenters. The minimum atomic E-state index is -3.23. The minimum absolute atomic E-state index is 0.313. The van der Waals surface area contributed by atoms with Gasteiger partial charge in [-0.05, 0) is 13.8 Å². The summed E-state index contributed by atoms with van der Waals surface area (Å²) in [7, 11) is 0. The topological polar surface area (TPSA) is 61.6 Å². The summed E-state index contributed by atoms with van der Waals surface area (Å²) in [6, 6.07) is 11.3. The lowest BCUT2D eigenvalue weighted by Crippen LogP contribution is -1.92. The third kappa shape index (κ3) is 3.96. The van der Waals surface area contributed by atoms with Gasteiger partial charge in [0.1, 0.15) is 0 Å². The Kier molecular flexibility index (Phi) is 5.43. The lowest BCUT2D eigenvalue weighted by Gasteiger charge is -2.13. The van der Waals surface area contributed by atoms with E-state index in [-0.39, 0.29) is 0 Å². The SMILES string of the molecule is CCOP(=O)(OCC)Sc1cc(-c2ccccc2)on1. The van der Waals surface area contributed by atoms with E-state index in [0.29, 0.717) is 24.0 Å². The maximum Gasteiger partial charge on any atom is 0.395 e. The highest BCUT2D eigenvalue weighted by atomic mass is 32.7. The molecule has 0 amide bonds. The maximum absolute atomic E-state index is 12.4. The first-order valence-electron chi connectivity index (χ1n) is 6.27. The van der Waals surface area contributed by atoms with Crippen LogP contribution in [0.5, 0.6) is 0 Å². The molecule has 0 aliphatic heterocycles. The second kappa shape index (κ2) is 7.09. The van der Waals surface area contributed by atoms with Gasteiger partial charge in [-0.1, -0.05) is 35.5 Å². The normalized spacial score (nSPS) is 11.7. The zero-order chi connectivity index (χ0) is 14.4. The van der Waals surface area contributed by atoms with Gasteiger partial charge in [0.2, 0.25) is 0 Å². The van der Waals surface area contributed by atoms with Gasteiger partial charge in [0, 0.05) is 23.0 Å². The highest BCUT2D eigenvalue weighted by Crippen LogP contribution is 2.63. The molecule has 108 valence electrons. The molecule has 7 heteroatoms. The highest BCUT2D eigenvalue weighted by molar-refractivity contribution is 8.55. The van der Waals surface area contributed by atoms with E-state index in [1.54, 1.807) is 19.9 Å². The van der Waals surface area contributed by atoms with E-state index in [1.807, 2.05) is 30.3 Å². The van der Waals surface area contributed by atoms with E-state index in [1.165, 1.54) is 0 Å². The van der Waals surface area contributed by atoms with Crippen molar-refractivity contribution in [2.45, 2.75) is 18.9 Å². The molecule has 0 N–H and O–H groups in total. The molecule has 5 nitrogen and oxygen atoms in total. The second-order valence-corrected chi connectivity index (χ2v) is 7.67. The van der Waals surface area contributed by atoms with Crippen molar-refractivity contribution < 1.29 is 18.1 Å². The fraction of sp³-hybridized carbons (Fsp3) is 0.308. The summed E-state index contributed by atoms with van der Waals surface area (Å²) in [5, 5.41) is 4.38. The Labute approximate surface area is 121 Å². The molecule has 1 aromatic carbocycles. The molecule has 20 heavy (non-hydrogen) atoms. The molecule has 0 spiro atoms. The number of aromatic nitrogens is 1. The van der Waals surface area contributed by atoms with Crippen LogP contribution in [0.15, 0.2) is 45.9 Å². The molecule has 2 aromatic rings. The summed E-state index contributed by atoms with van der Waals surface area (Å²) in [5.41, 5.74) is 0.912. The van der Waals surface area contributed by atoms with Crippen LogP contribution in [0, 0.1) is 0 Å². The lowest BCUT2D eigenvalue weighted by atomic mass is 10.2. The number of rotatable bonds is 7. The molecule has 0 saturated carbocycles. The predicted molar refractivity (Wildman–Crippen MR) is 78.7 cm³/mol. The van der Waals surface area contributed by atoms with Crippen LogP contribution in [0.3, 0.4) is 0 Å². The zero-order valence-corrected chi connectivity index (χ0v) is 13.0. The minimum Gasteiger partial charge on any atom is -0.355 e. The Morgan fingerprint density at radius 1 is 1.20 bits per heavy atom. The molecule has 2 rings (SSSR count). The summed E-state index contributed by atoms with van der Waals surface area (Å²) in [6.45, 7) is 0.938. The van der Waals surface area contributed by atoms with Crippen molar-refractivity contribution in [2.75, 3.05) is 13.2 Å². The molecule has 0 atom stereocenters. The fourth-order valence-corrected chi connectivity index (χ4v) is 4.73. The van der Waals surface area contributed by atoms with Crippen molar-refractivity contribution in [3.8, 4) is 11.3 Å². The number of nitrogens with zero attached hydrogens (tertiary/aromatic N) is 1. The van der Waals surface area contributed by atoms with Crippen LogP contribution in [0.4, 0.5) is 0 Å². The highest BCUT2D eigenvalue weighted by Gasteiger charge is 2.27. The molecule has 0 saturated heterocycles. The first-order chi connectivity index (χ1) is 9.67. The zero-order valence-electron chi connectivity index (χ0n) is 11.3. The largest absolute Gasteiger partial charge is 0.395 e. The number of benzene rings is 1. The van der Waals surface area contributed by atoms with E-state index >= 15 is 0 Å². The molecule has 0 radical (unpaired) electrons. The van der Waals surface area contributed by atoms with Crippen molar-refractivity contribution in [3.05, 3.63) is 36.4 Å². The quantitative estimate of drug-likeness (QED) is 0.695. The van der Waals surface area contributed by atoms with Crippen molar-refractivity contribution in [2.24, 2.45) is 0 Å². The van der Waals surface area contributed by atoms with E-state index in [9.17, 15) is 4.57 Å². The number of hydrogen-bond acceptors (Lipinski definition) is 6. The third-order valence-electron chi connectivity index (χ3n) is 2.33. The molecule has 1 heterocycles. The molecular formula is C13H16NO4PS. The van der Waals surface area contributed by atoms with Crippen molar-refractivity contribution in [1.82, 2.24) is 5.16 Å². The maximum atomic E-state index is 12.4. The van der Waals surface area contributed by atoms with Gasteiger partial charge in [0.15, 0.2) is 10.8 Å². The molecule has 0 aliphatic rings. The van der Waals surface area contributed by atoms with Gasteiger partial charge in [0.05, 0.1) is 13.2 Å². The van der Waals surface area contributed by atoms with Crippen LogP contribution >= 0.6 is 18.2 Å². The molecule has 0 aliphatic carbocycles. The third-order valence-corrected chi connectivity index (χ3v) is 5.94. The first kappa shape index (κ1) is 15.3. The van der Waals surface area contributed by atoms with Gasteiger partial charge >= 0.3 is 6.80 Å². The number of hydrogen-bond donors (Lipinski definition) is 0. The first-order valence-corrected chi connectivity index (χ1v) is 9.24. The van der Waals surface area contributed by atoms with Crippen LogP contribution < -0.4 is 0 Å². The predicted octanol–water partition coefficient (Wildman–Crippen LogP) is 4.61. The summed E-state index contributed by atoms with van der Waals surface area (Å²) >= 11 is 0.962. The van der Waals surface area contributed by atoms with Crippen LogP contribution in [-0.2, 0) is 13.6 Å². The Hall–Kier alpha value is -1.07. The average molecular weight is 313 g/mol. The Balaban J connectivity index is 2.15. The summed E-state index contributed by atoms with van der Waals surface area (Å²) < 4.78 is 28.0. The monoisotopic (exact) mass is 313 g/mol.